The highest BCUT2D eigenvalue weighted by Crippen LogP contribution is 2.32. The molecule has 0 atom stereocenters. The number of nitrogens with two attached hydrogens (primary N) is 1. The van der Waals surface area contributed by atoms with Gasteiger partial charge in [-0.25, -0.2) is 4.98 Å². The molecule has 3 N–H and O–H groups in total. The molecule has 1 aliphatic heterocycles. The Hall–Kier alpha value is -4.06. The number of aromatic nitrogens is 2. The van der Waals surface area contributed by atoms with Gasteiger partial charge in [-0.1, -0.05) is 60.7 Å². The maximum Gasteiger partial charge on any atom is 0.231 e. The first-order valence-electron chi connectivity index (χ1n) is 9.67. The van der Waals surface area contributed by atoms with Crippen LogP contribution < -0.4 is 20.5 Å². The third-order valence-electron chi connectivity index (χ3n) is 4.94. The number of ether oxygens (including phenoxy) is 2. The highest BCUT2D eigenvalue weighted by molar-refractivity contribution is 5.70. The Kier molecular flexibility index (Phi) is 4.65. The summed E-state index contributed by atoms with van der Waals surface area (Å²) in [5.41, 5.74) is 11.1. The molecule has 0 radical (unpaired) electrons. The Morgan fingerprint density at radius 3 is 2.33 bits per heavy atom. The predicted octanol–water partition coefficient (Wildman–Crippen LogP) is 4.73. The van der Waals surface area contributed by atoms with Crippen LogP contribution in [-0.2, 0) is 6.54 Å². The number of hydrogen-bond donors (Lipinski definition) is 2. The van der Waals surface area contributed by atoms with E-state index in [9.17, 15) is 0 Å². The molecule has 148 valence electrons. The van der Waals surface area contributed by atoms with E-state index in [0.717, 1.165) is 33.9 Å². The van der Waals surface area contributed by atoms with Crippen LogP contribution in [-0.4, -0.2) is 16.8 Å². The van der Waals surface area contributed by atoms with Crippen molar-refractivity contribution in [1.29, 1.82) is 0 Å². The Morgan fingerprint density at radius 2 is 1.50 bits per heavy atom. The summed E-state index contributed by atoms with van der Waals surface area (Å²) in [5, 5.41) is 3.31. The molecule has 0 amide bonds. The summed E-state index contributed by atoms with van der Waals surface area (Å²) >= 11 is 0. The van der Waals surface area contributed by atoms with Gasteiger partial charge in [-0.3, -0.25) is 0 Å². The van der Waals surface area contributed by atoms with Crippen LogP contribution in [0.5, 0.6) is 11.5 Å². The molecule has 1 aliphatic rings. The van der Waals surface area contributed by atoms with E-state index in [0.29, 0.717) is 12.4 Å². The molecule has 6 nitrogen and oxygen atoms in total. The standard InChI is InChI=1S/C24H20N4O2/c25-24-27-20(19-9-7-18(8-10-19)17-4-2-1-3-5-17)13-23(28-24)26-14-16-6-11-21-22(12-16)30-15-29-21/h1-13H,14-15H2,(H3,25,26,27,28). The van der Waals surface area contributed by atoms with Crippen molar-refractivity contribution in [2.24, 2.45) is 0 Å². The largest absolute Gasteiger partial charge is 0.454 e. The third-order valence-corrected chi connectivity index (χ3v) is 4.94. The fourth-order valence-corrected chi connectivity index (χ4v) is 3.41. The summed E-state index contributed by atoms with van der Waals surface area (Å²) in [6, 6.07) is 26.3. The molecule has 0 saturated carbocycles. The average molecular weight is 396 g/mol. The van der Waals surface area contributed by atoms with Crippen molar-refractivity contribution in [2.75, 3.05) is 17.8 Å². The normalized spacial score (nSPS) is 12.0. The smallest absolute Gasteiger partial charge is 0.231 e. The Balaban J connectivity index is 1.34. The van der Waals surface area contributed by atoms with Crippen molar-refractivity contribution in [1.82, 2.24) is 9.97 Å². The van der Waals surface area contributed by atoms with Gasteiger partial charge in [0.05, 0.1) is 5.69 Å². The van der Waals surface area contributed by atoms with Gasteiger partial charge in [-0.05, 0) is 28.8 Å². The van der Waals surface area contributed by atoms with Gasteiger partial charge in [0.25, 0.3) is 0 Å². The van der Waals surface area contributed by atoms with Crippen molar-refractivity contribution >= 4 is 11.8 Å². The van der Waals surface area contributed by atoms with Crippen LogP contribution >= 0.6 is 0 Å². The number of fused-ring (bicyclic) bond motifs is 1. The monoisotopic (exact) mass is 396 g/mol. The van der Waals surface area contributed by atoms with Gasteiger partial charge in [0.15, 0.2) is 11.5 Å². The summed E-state index contributed by atoms with van der Waals surface area (Å²) in [6.07, 6.45) is 0. The van der Waals surface area contributed by atoms with Crippen molar-refractivity contribution in [3.8, 4) is 33.9 Å². The van der Waals surface area contributed by atoms with Crippen LogP contribution in [0.1, 0.15) is 5.56 Å². The zero-order valence-electron chi connectivity index (χ0n) is 16.2. The molecule has 0 fully saturated rings. The molecule has 0 bridgehead atoms. The summed E-state index contributed by atoms with van der Waals surface area (Å²) in [6.45, 7) is 0.848. The fourth-order valence-electron chi connectivity index (χ4n) is 3.41. The van der Waals surface area contributed by atoms with Gasteiger partial charge in [-0.15, -0.1) is 0 Å². The number of rotatable bonds is 5. The second-order valence-corrected chi connectivity index (χ2v) is 6.98. The van der Waals surface area contributed by atoms with Crippen LogP contribution in [0.15, 0.2) is 78.9 Å². The Labute approximate surface area is 174 Å². The van der Waals surface area contributed by atoms with Gasteiger partial charge >= 0.3 is 0 Å². The van der Waals surface area contributed by atoms with Crippen molar-refractivity contribution in [2.45, 2.75) is 6.54 Å². The summed E-state index contributed by atoms with van der Waals surface area (Å²) in [5.74, 6) is 2.43. The lowest BCUT2D eigenvalue weighted by Gasteiger charge is -2.10. The molecular weight excluding hydrogens is 376 g/mol. The molecule has 3 aromatic carbocycles. The summed E-state index contributed by atoms with van der Waals surface area (Å²) in [7, 11) is 0. The molecule has 0 unspecified atom stereocenters. The minimum absolute atomic E-state index is 0.229. The van der Waals surface area contributed by atoms with Gasteiger partial charge in [-0.2, -0.15) is 4.98 Å². The van der Waals surface area contributed by atoms with Crippen LogP contribution in [0.2, 0.25) is 0 Å². The van der Waals surface area contributed by atoms with Crippen LogP contribution in [0, 0.1) is 0 Å². The van der Waals surface area contributed by atoms with E-state index in [-0.39, 0.29) is 12.7 Å². The van der Waals surface area contributed by atoms with E-state index in [1.165, 1.54) is 5.56 Å². The molecular formula is C24H20N4O2. The van der Waals surface area contributed by atoms with Gasteiger partial charge in [0, 0.05) is 18.2 Å². The first kappa shape index (κ1) is 18.0. The lowest BCUT2D eigenvalue weighted by Crippen LogP contribution is -2.05. The van der Waals surface area contributed by atoms with E-state index < -0.39 is 0 Å². The van der Waals surface area contributed by atoms with E-state index in [4.69, 9.17) is 15.2 Å². The van der Waals surface area contributed by atoms with E-state index >= 15 is 0 Å². The molecule has 4 aromatic rings. The Bertz CT molecular complexity index is 1180. The van der Waals surface area contributed by atoms with Crippen LogP contribution in [0.25, 0.3) is 22.4 Å². The lowest BCUT2D eigenvalue weighted by atomic mass is 10.0. The molecule has 0 spiro atoms. The first-order valence-corrected chi connectivity index (χ1v) is 9.67. The van der Waals surface area contributed by atoms with Crippen molar-refractivity contribution < 1.29 is 9.47 Å². The topological polar surface area (TPSA) is 82.3 Å². The minimum atomic E-state index is 0.229. The molecule has 5 rings (SSSR count). The van der Waals surface area contributed by atoms with Gasteiger partial charge in [0.1, 0.15) is 5.82 Å². The second kappa shape index (κ2) is 7.75. The predicted molar refractivity (Wildman–Crippen MR) is 117 cm³/mol. The van der Waals surface area contributed by atoms with E-state index in [1.807, 2.05) is 54.6 Å². The number of benzene rings is 3. The molecule has 2 heterocycles. The van der Waals surface area contributed by atoms with E-state index in [2.05, 4.69) is 39.6 Å². The van der Waals surface area contributed by atoms with Crippen molar-refractivity contribution in [3.63, 3.8) is 0 Å². The summed E-state index contributed by atoms with van der Waals surface area (Å²) in [4.78, 5) is 8.71. The van der Waals surface area contributed by atoms with E-state index in [1.54, 1.807) is 0 Å². The van der Waals surface area contributed by atoms with Crippen LogP contribution in [0.4, 0.5) is 11.8 Å². The number of nitrogen functional groups attached to an aromatic ring is 1. The molecule has 30 heavy (non-hydrogen) atoms. The van der Waals surface area contributed by atoms with Gasteiger partial charge in [0.2, 0.25) is 12.7 Å². The Morgan fingerprint density at radius 1 is 0.767 bits per heavy atom. The highest BCUT2D eigenvalue weighted by atomic mass is 16.7. The fraction of sp³-hybridized carbons (Fsp3) is 0.0833. The molecule has 1 aromatic heterocycles. The zero-order chi connectivity index (χ0) is 20.3. The molecule has 0 saturated heterocycles. The van der Waals surface area contributed by atoms with Crippen molar-refractivity contribution in [3.05, 3.63) is 84.4 Å². The average Bonchev–Trinajstić information content (AvgIpc) is 3.26. The highest BCUT2D eigenvalue weighted by Gasteiger charge is 2.13. The molecule has 0 aliphatic carbocycles. The quantitative estimate of drug-likeness (QED) is 0.507. The maximum atomic E-state index is 5.96. The molecule has 6 heteroatoms. The summed E-state index contributed by atoms with van der Waals surface area (Å²) < 4.78 is 10.8. The SMILES string of the molecule is Nc1nc(NCc2ccc3c(c2)OCO3)cc(-c2ccc(-c3ccccc3)cc2)n1. The van der Waals surface area contributed by atoms with Crippen LogP contribution in [0.3, 0.4) is 0 Å². The maximum absolute atomic E-state index is 5.96. The number of anilines is 2. The number of nitrogens with zero attached hydrogens (tertiary/aromatic N) is 2. The third kappa shape index (κ3) is 3.75. The minimum Gasteiger partial charge on any atom is -0.454 e. The second-order valence-electron chi connectivity index (χ2n) is 6.98. The number of nitrogens with one attached hydrogen (secondary N) is 1. The number of hydrogen-bond acceptors (Lipinski definition) is 6. The zero-order valence-corrected chi connectivity index (χ0v) is 16.2. The first-order chi connectivity index (χ1) is 14.7. The lowest BCUT2D eigenvalue weighted by molar-refractivity contribution is 0.174. The van der Waals surface area contributed by atoms with Gasteiger partial charge < -0.3 is 20.5 Å².